The van der Waals surface area contributed by atoms with E-state index in [9.17, 15) is 32.3 Å². The Morgan fingerprint density at radius 2 is 1.39 bits per heavy atom. The first kappa shape index (κ1) is 23.8. The van der Waals surface area contributed by atoms with Gasteiger partial charge in [-0.1, -0.05) is 24.3 Å². The molecule has 1 aliphatic heterocycles. The highest BCUT2D eigenvalue weighted by Gasteiger charge is 2.37. The van der Waals surface area contributed by atoms with Crippen LogP contribution in [0.2, 0.25) is 0 Å². The summed E-state index contributed by atoms with van der Waals surface area (Å²) in [6.07, 6.45) is -4.68. The lowest BCUT2D eigenvalue weighted by atomic mass is 10.1. The summed E-state index contributed by atoms with van der Waals surface area (Å²) >= 11 is 0. The highest BCUT2D eigenvalue weighted by molar-refractivity contribution is 6.39. The number of rotatable bonds is 3. The second kappa shape index (κ2) is 9.72. The predicted molar refractivity (Wildman–Crippen MR) is 110 cm³/mol. The van der Waals surface area contributed by atoms with E-state index in [0.29, 0.717) is 0 Å². The van der Waals surface area contributed by atoms with Crippen LogP contribution in [0.1, 0.15) is 26.3 Å². The van der Waals surface area contributed by atoms with Crippen molar-refractivity contribution in [2.45, 2.75) is 6.18 Å². The first-order valence-electron chi connectivity index (χ1n) is 9.86. The molecule has 1 N–H and O–H groups in total. The fraction of sp³-hybridized carbons (Fsp3) is 0.273. The fourth-order valence-electron chi connectivity index (χ4n) is 3.40. The van der Waals surface area contributed by atoms with Crippen molar-refractivity contribution in [2.24, 2.45) is 0 Å². The molecule has 0 aromatic heterocycles. The van der Waals surface area contributed by atoms with Gasteiger partial charge < -0.3 is 19.9 Å². The number of para-hydroxylation sites is 1. The number of anilines is 1. The number of nitrogens with zero attached hydrogens (tertiary/aromatic N) is 2. The molecule has 0 radical (unpaired) electrons. The number of carbonyl (C=O) groups is 4. The van der Waals surface area contributed by atoms with Crippen LogP contribution >= 0.6 is 0 Å². The van der Waals surface area contributed by atoms with E-state index in [0.717, 1.165) is 12.1 Å². The van der Waals surface area contributed by atoms with Crippen LogP contribution in [0.15, 0.2) is 48.5 Å². The van der Waals surface area contributed by atoms with Crippen molar-refractivity contribution >= 4 is 29.4 Å². The second-order valence-electron chi connectivity index (χ2n) is 7.12. The molecule has 1 fully saturated rings. The molecule has 0 atom stereocenters. The first-order chi connectivity index (χ1) is 15.6. The minimum Gasteiger partial charge on any atom is -0.465 e. The second-order valence-corrected chi connectivity index (χ2v) is 7.12. The minimum atomic E-state index is -4.68. The van der Waals surface area contributed by atoms with Gasteiger partial charge in [-0.3, -0.25) is 14.4 Å². The van der Waals surface area contributed by atoms with Crippen LogP contribution in [0.5, 0.6) is 0 Å². The summed E-state index contributed by atoms with van der Waals surface area (Å²) in [5, 5.41) is 2.37. The summed E-state index contributed by atoms with van der Waals surface area (Å²) in [6.45, 7) is -0.152. The molecule has 1 saturated heterocycles. The van der Waals surface area contributed by atoms with Gasteiger partial charge in [-0.15, -0.1) is 0 Å². The Bertz CT molecular complexity index is 1080. The van der Waals surface area contributed by atoms with E-state index in [-0.39, 0.29) is 37.4 Å². The number of nitrogens with one attached hydrogen (secondary N) is 1. The van der Waals surface area contributed by atoms with Crippen molar-refractivity contribution < 1.29 is 37.1 Å². The maximum Gasteiger partial charge on any atom is 0.417 e. The van der Waals surface area contributed by atoms with Crippen molar-refractivity contribution in [3.63, 3.8) is 0 Å². The third-order valence-electron chi connectivity index (χ3n) is 5.09. The van der Waals surface area contributed by atoms with Crippen molar-refractivity contribution in [1.82, 2.24) is 9.80 Å². The quantitative estimate of drug-likeness (QED) is 0.557. The average Bonchev–Trinajstić information content (AvgIpc) is 2.82. The average molecular weight is 463 g/mol. The number of amides is 3. The van der Waals surface area contributed by atoms with Crippen LogP contribution < -0.4 is 5.32 Å². The molecule has 0 aliphatic carbocycles. The lowest BCUT2D eigenvalue weighted by Gasteiger charge is -2.34. The Balaban J connectivity index is 1.64. The molecule has 33 heavy (non-hydrogen) atoms. The summed E-state index contributed by atoms with van der Waals surface area (Å²) in [4.78, 5) is 51.8. The van der Waals surface area contributed by atoms with E-state index < -0.39 is 41.0 Å². The molecule has 0 saturated carbocycles. The largest absolute Gasteiger partial charge is 0.465 e. The van der Waals surface area contributed by atoms with Gasteiger partial charge in [-0.25, -0.2) is 4.79 Å². The van der Waals surface area contributed by atoms with Crippen LogP contribution in [-0.4, -0.2) is 66.8 Å². The monoisotopic (exact) mass is 463 g/mol. The van der Waals surface area contributed by atoms with Crippen molar-refractivity contribution in [2.75, 3.05) is 38.6 Å². The van der Waals surface area contributed by atoms with E-state index in [1.54, 1.807) is 12.1 Å². The summed E-state index contributed by atoms with van der Waals surface area (Å²) in [5.74, 6) is -3.37. The zero-order valence-corrected chi connectivity index (χ0v) is 17.5. The zero-order chi connectivity index (χ0) is 24.2. The van der Waals surface area contributed by atoms with E-state index in [4.69, 9.17) is 0 Å². The molecule has 2 aromatic rings. The summed E-state index contributed by atoms with van der Waals surface area (Å²) in [6, 6.07) is 10.5. The van der Waals surface area contributed by atoms with Gasteiger partial charge in [-0.05, 0) is 24.3 Å². The first-order valence-corrected chi connectivity index (χ1v) is 9.86. The molecule has 11 heteroatoms. The number of alkyl halides is 3. The Morgan fingerprint density at radius 1 is 0.848 bits per heavy atom. The normalized spacial score (nSPS) is 13.9. The van der Waals surface area contributed by atoms with Gasteiger partial charge in [0, 0.05) is 26.2 Å². The third kappa shape index (κ3) is 5.30. The minimum absolute atomic E-state index is 0.0369. The fourth-order valence-corrected chi connectivity index (χ4v) is 3.40. The third-order valence-corrected chi connectivity index (χ3v) is 5.09. The Kier molecular flexibility index (Phi) is 7.00. The smallest absolute Gasteiger partial charge is 0.417 e. The highest BCUT2D eigenvalue weighted by Crippen LogP contribution is 2.32. The summed E-state index contributed by atoms with van der Waals surface area (Å²) < 4.78 is 44.3. The number of hydrogen-bond donors (Lipinski definition) is 1. The van der Waals surface area contributed by atoms with Crippen molar-refractivity contribution in [3.8, 4) is 0 Å². The summed E-state index contributed by atoms with van der Waals surface area (Å²) in [5.41, 5.74) is -1.33. The predicted octanol–water partition coefficient (Wildman–Crippen LogP) is 2.42. The molecule has 2 aromatic carbocycles. The van der Waals surface area contributed by atoms with Gasteiger partial charge in [0.1, 0.15) is 0 Å². The van der Waals surface area contributed by atoms with E-state index in [1.165, 1.54) is 41.2 Å². The molecule has 174 valence electrons. The highest BCUT2D eigenvalue weighted by atomic mass is 19.4. The number of halogens is 3. The molecule has 1 heterocycles. The van der Waals surface area contributed by atoms with E-state index in [1.807, 2.05) is 0 Å². The number of benzene rings is 2. The molecule has 3 amide bonds. The van der Waals surface area contributed by atoms with Crippen molar-refractivity contribution in [1.29, 1.82) is 0 Å². The number of carbonyl (C=O) groups excluding carboxylic acids is 4. The van der Waals surface area contributed by atoms with Gasteiger partial charge in [0.05, 0.1) is 29.5 Å². The Hall–Kier alpha value is -3.89. The molecular weight excluding hydrogens is 443 g/mol. The SMILES string of the molecule is COC(=O)c1ccccc1NC(=O)C(=O)N1CCN(C(=O)c2ccccc2C(F)(F)F)CC1. The molecule has 0 unspecified atom stereocenters. The number of methoxy groups -OCH3 is 1. The molecular formula is C22H20F3N3O5. The maximum absolute atomic E-state index is 13.2. The Morgan fingerprint density at radius 3 is 2.00 bits per heavy atom. The van der Waals surface area contributed by atoms with Gasteiger partial charge in [0.2, 0.25) is 0 Å². The van der Waals surface area contributed by atoms with Gasteiger partial charge >= 0.3 is 24.0 Å². The number of piperazine rings is 1. The van der Waals surface area contributed by atoms with Gasteiger partial charge in [0.15, 0.2) is 0 Å². The topological polar surface area (TPSA) is 96.0 Å². The zero-order valence-electron chi connectivity index (χ0n) is 17.5. The van der Waals surface area contributed by atoms with Crippen LogP contribution in [0, 0.1) is 0 Å². The summed E-state index contributed by atoms with van der Waals surface area (Å²) in [7, 11) is 1.18. The lowest BCUT2D eigenvalue weighted by molar-refractivity contribution is -0.144. The van der Waals surface area contributed by atoms with Crippen LogP contribution in [-0.2, 0) is 20.5 Å². The van der Waals surface area contributed by atoms with Gasteiger partial charge in [0.25, 0.3) is 5.91 Å². The lowest BCUT2D eigenvalue weighted by Crippen LogP contribution is -2.53. The molecule has 8 nitrogen and oxygen atoms in total. The molecule has 3 rings (SSSR count). The van der Waals surface area contributed by atoms with E-state index in [2.05, 4.69) is 10.1 Å². The van der Waals surface area contributed by atoms with E-state index >= 15 is 0 Å². The van der Waals surface area contributed by atoms with Crippen molar-refractivity contribution in [3.05, 3.63) is 65.2 Å². The molecule has 0 spiro atoms. The Labute approximate surface area is 186 Å². The number of hydrogen-bond acceptors (Lipinski definition) is 5. The van der Waals surface area contributed by atoms with Crippen LogP contribution in [0.4, 0.5) is 18.9 Å². The number of esters is 1. The van der Waals surface area contributed by atoms with Gasteiger partial charge in [-0.2, -0.15) is 13.2 Å². The number of ether oxygens (including phenoxy) is 1. The molecule has 1 aliphatic rings. The van der Waals surface area contributed by atoms with Crippen LogP contribution in [0.25, 0.3) is 0 Å². The molecule has 0 bridgehead atoms. The maximum atomic E-state index is 13.2. The van der Waals surface area contributed by atoms with Crippen LogP contribution in [0.3, 0.4) is 0 Å². The standard InChI is InChI=1S/C22H20F3N3O5/c1-33-21(32)15-7-3-5-9-17(15)26-18(29)20(31)28-12-10-27(11-13-28)19(30)14-6-2-4-8-16(14)22(23,24)25/h2-9H,10-13H2,1H3,(H,26,29).